The van der Waals surface area contributed by atoms with Crippen LogP contribution in [0.25, 0.3) is 16.9 Å². The second kappa shape index (κ2) is 4.40. The standard InChI is InChI=1S/C11H8N4O5S/c16-9-7-8(13-10(12-7)21(18,19)20)14-11(17)15(9)6-4-2-1-3-5-6/h1-5H,(H,12,13)(H,14,17)(H,18,19,20). The Morgan fingerprint density at radius 3 is 2.38 bits per heavy atom. The van der Waals surface area contributed by atoms with E-state index in [0.29, 0.717) is 5.69 Å². The van der Waals surface area contributed by atoms with Gasteiger partial charge in [0.1, 0.15) is 0 Å². The van der Waals surface area contributed by atoms with E-state index in [-0.39, 0.29) is 11.2 Å². The first-order valence-corrected chi connectivity index (χ1v) is 7.10. The molecule has 0 radical (unpaired) electrons. The molecule has 0 fully saturated rings. The highest BCUT2D eigenvalue weighted by atomic mass is 32.2. The normalized spacial score (nSPS) is 11.9. The number of fused-ring (bicyclic) bond motifs is 1. The summed E-state index contributed by atoms with van der Waals surface area (Å²) < 4.78 is 31.8. The van der Waals surface area contributed by atoms with Crippen LogP contribution in [0.2, 0.25) is 0 Å². The highest BCUT2D eigenvalue weighted by Crippen LogP contribution is 2.08. The summed E-state index contributed by atoms with van der Waals surface area (Å²) in [6, 6.07) is 8.09. The van der Waals surface area contributed by atoms with Gasteiger partial charge in [-0.1, -0.05) is 18.2 Å². The van der Waals surface area contributed by atoms with Gasteiger partial charge in [-0.2, -0.15) is 13.4 Å². The van der Waals surface area contributed by atoms with Gasteiger partial charge in [0.05, 0.1) is 5.69 Å². The summed E-state index contributed by atoms with van der Waals surface area (Å²) in [5.74, 6) is 0. The van der Waals surface area contributed by atoms with Crippen molar-refractivity contribution in [2.45, 2.75) is 5.16 Å². The number of nitrogens with one attached hydrogen (secondary N) is 2. The number of aromatic nitrogens is 4. The zero-order valence-corrected chi connectivity index (χ0v) is 11.1. The Labute approximate surface area is 116 Å². The average Bonchev–Trinajstić information content (AvgIpc) is 2.84. The van der Waals surface area contributed by atoms with Crippen LogP contribution in [0.1, 0.15) is 0 Å². The highest BCUT2D eigenvalue weighted by molar-refractivity contribution is 7.85. The van der Waals surface area contributed by atoms with Gasteiger partial charge in [-0.15, -0.1) is 0 Å². The molecule has 0 atom stereocenters. The fraction of sp³-hybridized carbons (Fsp3) is 0. The number of H-pyrrole nitrogens is 2. The molecule has 3 N–H and O–H groups in total. The topological polar surface area (TPSA) is 138 Å². The third-order valence-electron chi connectivity index (χ3n) is 2.79. The lowest BCUT2D eigenvalue weighted by Crippen LogP contribution is -2.33. The maximum absolute atomic E-state index is 12.3. The van der Waals surface area contributed by atoms with Crippen molar-refractivity contribution in [3.05, 3.63) is 51.2 Å². The minimum atomic E-state index is -4.61. The molecule has 0 saturated carbocycles. The van der Waals surface area contributed by atoms with E-state index in [9.17, 15) is 18.0 Å². The van der Waals surface area contributed by atoms with Crippen LogP contribution in [0, 0.1) is 0 Å². The predicted molar refractivity (Wildman–Crippen MR) is 72.1 cm³/mol. The highest BCUT2D eigenvalue weighted by Gasteiger charge is 2.19. The van der Waals surface area contributed by atoms with Crippen molar-refractivity contribution in [2.24, 2.45) is 0 Å². The Kier molecular flexibility index (Phi) is 2.78. The maximum atomic E-state index is 12.3. The van der Waals surface area contributed by atoms with Crippen molar-refractivity contribution in [3.63, 3.8) is 0 Å². The Balaban J connectivity index is 2.40. The first-order chi connectivity index (χ1) is 9.88. The molecule has 3 aromatic rings. The Morgan fingerprint density at radius 1 is 1.10 bits per heavy atom. The molecule has 10 heteroatoms. The second-order valence-electron chi connectivity index (χ2n) is 4.15. The molecule has 0 aliphatic rings. The summed E-state index contributed by atoms with van der Waals surface area (Å²) >= 11 is 0. The number of aromatic amines is 2. The van der Waals surface area contributed by atoms with Gasteiger partial charge in [0, 0.05) is 0 Å². The summed E-state index contributed by atoms with van der Waals surface area (Å²) in [6.07, 6.45) is 0. The first kappa shape index (κ1) is 13.3. The zero-order valence-electron chi connectivity index (χ0n) is 10.3. The molecule has 9 nitrogen and oxygen atoms in total. The number of hydrogen-bond donors (Lipinski definition) is 3. The van der Waals surface area contributed by atoms with Crippen molar-refractivity contribution in [3.8, 4) is 5.69 Å². The van der Waals surface area contributed by atoms with E-state index in [1.807, 2.05) is 0 Å². The van der Waals surface area contributed by atoms with Gasteiger partial charge in [-0.25, -0.2) is 9.36 Å². The minimum absolute atomic E-state index is 0.230. The molecule has 0 spiro atoms. The molecule has 2 heterocycles. The van der Waals surface area contributed by atoms with Crippen molar-refractivity contribution in [1.82, 2.24) is 19.5 Å². The number of hydrogen-bond acceptors (Lipinski definition) is 5. The van der Waals surface area contributed by atoms with Gasteiger partial charge < -0.3 is 4.98 Å². The van der Waals surface area contributed by atoms with Crippen LogP contribution in [-0.4, -0.2) is 32.5 Å². The summed E-state index contributed by atoms with van der Waals surface area (Å²) in [5, 5.41) is -0.809. The molecule has 0 unspecified atom stereocenters. The lowest BCUT2D eigenvalue weighted by molar-refractivity contribution is 0.476. The summed E-state index contributed by atoms with van der Waals surface area (Å²) in [4.78, 5) is 32.2. The second-order valence-corrected chi connectivity index (χ2v) is 5.48. The third kappa shape index (κ3) is 2.15. The minimum Gasteiger partial charge on any atom is -0.321 e. The van der Waals surface area contributed by atoms with Crippen LogP contribution in [-0.2, 0) is 10.1 Å². The van der Waals surface area contributed by atoms with Crippen molar-refractivity contribution >= 4 is 21.3 Å². The lowest BCUT2D eigenvalue weighted by Gasteiger charge is -2.03. The van der Waals surface area contributed by atoms with Crippen molar-refractivity contribution in [1.29, 1.82) is 0 Å². The molecule has 0 saturated heterocycles. The van der Waals surface area contributed by atoms with Gasteiger partial charge >= 0.3 is 15.8 Å². The molecular formula is C11H8N4O5S. The van der Waals surface area contributed by atoms with Crippen LogP contribution >= 0.6 is 0 Å². The zero-order chi connectivity index (χ0) is 15.2. The lowest BCUT2D eigenvalue weighted by atomic mass is 10.3. The first-order valence-electron chi connectivity index (χ1n) is 5.66. The van der Waals surface area contributed by atoms with Crippen LogP contribution in [0.3, 0.4) is 0 Å². The number of rotatable bonds is 2. The molecule has 1 aromatic carbocycles. The monoisotopic (exact) mass is 308 g/mol. The van der Waals surface area contributed by atoms with E-state index in [1.54, 1.807) is 30.3 Å². The van der Waals surface area contributed by atoms with E-state index >= 15 is 0 Å². The Morgan fingerprint density at radius 2 is 1.76 bits per heavy atom. The smallest absolute Gasteiger partial charge is 0.321 e. The van der Waals surface area contributed by atoms with Gasteiger partial charge in [0.25, 0.3) is 10.7 Å². The fourth-order valence-corrected chi connectivity index (χ4v) is 2.33. The van der Waals surface area contributed by atoms with E-state index in [1.165, 1.54) is 0 Å². The van der Waals surface area contributed by atoms with Crippen LogP contribution < -0.4 is 11.2 Å². The number of para-hydroxylation sites is 1. The van der Waals surface area contributed by atoms with Crippen molar-refractivity contribution < 1.29 is 13.0 Å². The van der Waals surface area contributed by atoms with Crippen LogP contribution in [0.5, 0.6) is 0 Å². The molecule has 0 amide bonds. The molecule has 0 aliphatic carbocycles. The summed E-state index contributed by atoms with van der Waals surface area (Å²) in [5.41, 5.74) is -1.71. The van der Waals surface area contributed by atoms with Gasteiger partial charge in [-0.05, 0) is 12.1 Å². The van der Waals surface area contributed by atoms with E-state index in [0.717, 1.165) is 4.57 Å². The fourth-order valence-electron chi connectivity index (χ4n) is 1.89. The number of nitrogens with zero attached hydrogens (tertiary/aromatic N) is 2. The van der Waals surface area contributed by atoms with E-state index < -0.39 is 26.5 Å². The van der Waals surface area contributed by atoms with Gasteiger partial charge in [0.15, 0.2) is 11.2 Å². The predicted octanol–water partition coefficient (Wildman–Crippen LogP) is -0.351. The molecule has 108 valence electrons. The van der Waals surface area contributed by atoms with Crippen molar-refractivity contribution in [2.75, 3.05) is 0 Å². The van der Waals surface area contributed by atoms with Crippen LogP contribution in [0.4, 0.5) is 0 Å². The largest absolute Gasteiger partial charge is 0.334 e. The summed E-state index contributed by atoms with van der Waals surface area (Å²) in [7, 11) is -4.61. The molecule has 2 aromatic heterocycles. The number of benzene rings is 1. The molecule has 21 heavy (non-hydrogen) atoms. The Bertz CT molecular complexity index is 1050. The number of imidazole rings is 1. The quantitative estimate of drug-likeness (QED) is 0.553. The molecular weight excluding hydrogens is 300 g/mol. The Hall–Kier alpha value is -2.72. The average molecular weight is 308 g/mol. The third-order valence-corrected chi connectivity index (χ3v) is 3.47. The van der Waals surface area contributed by atoms with Gasteiger partial charge in [0.2, 0.25) is 0 Å². The SMILES string of the molecule is O=c1[nH]c2nc(S(=O)(=O)O)[nH]c2c(=O)n1-c1ccccc1. The van der Waals surface area contributed by atoms with E-state index in [2.05, 4.69) is 15.0 Å². The molecule has 0 aliphatic heterocycles. The van der Waals surface area contributed by atoms with E-state index in [4.69, 9.17) is 4.55 Å². The van der Waals surface area contributed by atoms with Gasteiger partial charge in [-0.3, -0.25) is 14.3 Å². The molecule has 0 bridgehead atoms. The summed E-state index contributed by atoms with van der Waals surface area (Å²) in [6.45, 7) is 0. The maximum Gasteiger partial charge on any atom is 0.334 e. The van der Waals surface area contributed by atoms with Crippen LogP contribution in [0.15, 0.2) is 45.1 Å². The molecule has 3 rings (SSSR count).